The smallest absolute Gasteiger partial charge is 0.258 e. The average Bonchev–Trinajstić information content (AvgIpc) is 3.29. The number of carbonyl (C=O) groups is 2. The fourth-order valence-corrected chi connectivity index (χ4v) is 7.23. The zero-order chi connectivity index (χ0) is 45.0. The molecule has 2 aliphatic rings. The molecule has 0 aliphatic carbocycles. The Morgan fingerprint density at radius 1 is 0.742 bits per heavy atom. The number of piperazine rings is 2. The van der Waals surface area contributed by atoms with Crippen LogP contribution in [0.3, 0.4) is 0 Å². The molecule has 0 bridgehead atoms. The molecule has 0 saturated carbocycles. The summed E-state index contributed by atoms with van der Waals surface area (Å²) in [5.41, 5.74) is 1.09. The largest absolute Gasteiger partial charge is 0.353 e. The number of benzene rings is 2. The summed E-state index contributed by atoms with van der Waals surface area (Å²) < 4.78 is 26.5. The van der Waals surface area contributed by atoms with Gasteiger partial charge in [0.1, 0.15) is 46.4 Å². The predicted octanol–water partition coefficient (Wildman–Crippen LogP) is 5.07. The van der Waals surface area contributed by atoms with Crippen molar-refractivity contribution < 1.29 is 18.4 Å². The molecule has 2 atom stereocenters. The normalized spacial score (nSPS) is 15.2. The van der Waals surface area contributed by atoms with Gasteiger partial charge in [-0.25, -0.2) is 28.7 Å². The molecule has 16 nitrogen and oxygen atoms in total. The molecule has 2 fully saturated rings. The topological polar surface area (TPSA) is 221 Å². The standard InChI is InChI=1S/C22H21FN6O2.C16H19FN4O2.C6H3ClN2.ClH.2H2S/c1-14-13-28(20-6-2-15(11-24)12-25-20)8-9-29(14)21(30)7-5-19-26-18-4-3-16(23)10-17(18)22(31)27-19;1-10-9-18-6-7-21(10)15(22)5-4-14-19-13-3-2-11(17)8-12(13)16(23)20-14;7-6-2-1-5(3-8)4-9-6;;;/h2-4,6,10,12,14H,5,7-9,13H2,1H3,(H,26,27,31);2-3,8,10,18H,4-7,9H2,1H3,(H,19,20,23);1-2,4H;1H;2*1H2/t14-;10-;;;;/m00..../s1. The molecule has 0 unspecified atom stereocenters. The van der Waals surface area contributed by atoms with E-state index in [1.807, 2.05) is 35.8 Å². The molecule has 0 radical (unpaired) electrons. The van der Waals surface area contributed by atoms with E-state index < -0.39 is 17.2 Å². The van der Waals surface area contributed by atoms with Crippen LogP contribution in [0.5, 0.6) is 0 Å². The molecule has 3 N–H and O–H groups in total. The van der Waals surface area contributed by atoms with Gasteiger partial charge in [0.25, 0.3) is 11.1 Å². The Kier molecular flexibility index (Phi) is 20.9. The quantitative estimate of drug-likeness (QED) is 0.179. The minimum absolute atomic E-state index is 0. The minimum Gasteiger partial charge on any atom is -0.353 e. The highest BCUT2D eigenvalue weighted by molar-refractivity contribution is 7.59. The molecule has 2 saturated heterocycles. The summed E-state index contributed by atoms with van der Waals surface area (Å²) in [5, 5.41) is 21.3. The van der Waals surface area contributed by atoms with Gasteiger partial charge in [-0.3, -0.25) is 19.2 Å². The van der Waals surface area contributed by atoms with Crippen LogP contribution in [0.1, 0.15) is 49.5 Å². The second-order valence-electron chi connectivity index (χ2n) is 14.9. The van der Waals surface area contributed by atoms with Crippen LogP contribution in [0.2, 0.25) is 5.15 Å². The van der Waals surface area contributed by atoms with E-state index in [-0.39, 0.29) is 86.0 Å². The number of nitrogens with zero attached hydrogens (tertiary/aromatic N) is 9. The van der Waals surface area contributed by atoms with Crippen molar-refractivity contribution in [2.45, 2.75) is 51.6 Å². The van der Waals surface area contributed by atoms with Crippen LogP contribution in [-0.4, -0.2) is 103 Å². The van der Waals surface area contributed by atoms with Crippen molar-refractivity contribution in [3.8, 4) is 12.1 Å². The van der Waals surface area contributed by atoms with Gasteiger partial charge in [0, 0.05) is 89.4 Å². The summed E-state index contributed by atoms with van der Waals surface area (Å²) in [5.74, 6) is 0.721. The second kappa shape index (κ2) is 25.5. The summed E-state index contributed by atoms with van der Waals surface area (Å²) in [7, 11) is 0. The number of anilines is 1. The fraction of sp³-hybridized carbons (Fsp3) is 0.318. The van der Waals surface area contributed by atoms with E-state index >= 15 is 0 Å². The number of aryl methyl sites for hydroxylation is 2. The van der Waals surface area contributed by atoms with Crippen molar-refractivity contribution in [1.82, 2.24) is 45.0 Å². The molecule has 8 rings (SSSR count). The van der Waals surface area contributed by atoms with Crippen molar-refractivity contribution in [2.75, 3.05) is 44.2 Å². The molecular weight excluding hydrogens is 934 g/mol. The summed E-state index contributed by atoms with van der Waals surface area (Å²) in [4.78, 5) is 77.0. The average molecular weight is 982 g/mol. The zero-order valence-corrected chi connectivity index (χ0v) is 39.4. The Labute approximate surface area is 403 Å². The highest BCUT2D eigenvalue weighted by Gasteiger charge is 2.28. The van der Waals surface area contributed by atoms with Gasteiger partial charge in [0.05, 0.1) is 32.9 Å². The van der Waals surface area contributed by atoms with Crippen LogP contribution < -0.4 is 21.3 Å². The number of H-pyrrole nitrogens is 2. The Morgan fingerprint density at radius 2 is 1.26 bits per heavy atom. The van der Waals surface area contributed by atoms with Gasteiger partial charge in [-0.05, 0) is 74.5 Å². The summed E-state index contributed by atoms with van der Waals surface area (Å²) in [6.45, 7) is 8.12. The van der Waals surface area contributed by atoms with Crippen molar-refractivity contribution in [3.63, 3.8) is 0 Å². The van der Waals surface area contributed by atoms with Gasteiger partial charge in [-0.2, -0.15) is 37.5 Å². The Balaban J connectivity index is 0.000000291. The number of halogens is 4. The number of hydrogen-bond donors (Lipinski definition) is 3. The molecule has 348 valence electrons. The van der Waals surface area contributed by atoms with E-state index in [0.29, 0.717) is 84.4 Å². The predicted molar refractivity (Wildman–Crippen MR) is 260 cm³/mol. The maximum absolute atomic E-state index is 13.3. The van der Waals surface area contributed by atoms with Gasteiger partial charge in [-0.1, -0.05) is 11.6 Å². The third-order valence-corrected chi connectivity index (χ3v) is 10.6. The van der Waals surface area contributed by atoms with Crippen molar-refractivity contribution in [3.05, 3.63) is 133 Å². The number of nitriles is 2. The molecular formula is C44H48Cl2F2N12O4S2. The van der Waals surface area contributed by atoms with E-state index in [1.165, 1.54) is 36.5 Å². The Bertz CT molecular complexity index is 2810. The van der Waals surface area contributed by atoms with Gasteiger partial charge in [0.2, 0.25) is 11.8 Å². The number of pyridine rings is 2. The van der Waals surface area contributed by atoms with Crippen LogP contribution in [-0.2, 0) is 22.4 Å². The summed E-state index contributed by atoms with van der Waals surface area (Å²) in [6.07, 6.45) is 4.14. The lowest BCUT2D eigenvalue weighted by atomic mass is 10.1. The first-order chi connectivity index (χ1) is 30.3. The van der Waals surface area contributed by atoms with Crippen LogP contribution >= 0.6 is 51.0 Å². The van der Waals surface area contributed by atoms with E-state index in [2.05, 4.69) is 46.2 Å². The van der Waals surface area contributed by atoms with Crippen LogP contribution in [0.15, 0.2) is 82.6 Å². The second-order valence-corrected chi connectivity index (χ2v) is 15.3. The third-order valence-electron chi connectivity index (χ3n) is 10.4. The van der Waals surface area contributed by atoms with Crippen LogP contribution in [0.25, 0.3) is 21.8 Å². The number of hydrogen-bond acceptors (Lipinski definition) is 12. The lowest BCUT2D eigenvalue weighted by Gasteiger charge is -2.40. The molecule has 0 spiro atoms. The number of aromatic amines is 2. The van der Waals surface area contributed by atoms with E-state index in [1.54, 1.807) is 24.4 Å². The highest BCUT2D eigenvalue weighted by atomic mass is 35.5. The number of rotatable bonds is 7. The van der Waals surface area contributed by atoms with Gasteiger partial charge >= 0.3 is 0 Å². The number of aromatic nitrogens is 6. The lowest BCUT2D eigenvalue weighted by molar-refractivity contribution is -0.134. The molecule has 4 aromatic heterocycles. The molecule has 6 heterocycles. The van der Waals surface area contributed by atoms with Crippen molar-refractivity contribution in [1.29, 1.82) is 10.5 Å². The SMILES string of the molecule is C[C@H]1CN(c2ccc(C#N)cn2)CCN1C(=O)CCc1nc2ccc(F)cc2c(=O)[nH]1.C[C@H]1CNCCN1C(=O)CCc1nc2ccc(F)cc2c(=O)[nH]1.Cl.N#Cc1ccc(Cl)nc1.S.S. The number of fused-ring (bicyclic) bond motifs is 2. The molecule has 66 heavy (non-hydrogen) atoms. The highest BCUT2D eigenvalue weighted by Crippen LogP contribution is 2.19. The van der Waals surface area contributed by atoms with Crippen LogP contribution in [0, 0.1) is 34.3 Å². The van der Waals surface area contributed by atoms with Crippen LogP contribution in [0.4, 0.5) is 14.6 Å². The summed E-state index contributed by atoms with van der Waals surface area (Å²) in [6, 6.07) is 18.7. The monoisotopic (exact) mass is 980 g/mol. The van der Waals surface area contributed by atoms with E-state index in [9.17, 15) is 28.0 Å². The third kappa shape index (κ3) is 14.4. The first-order valence-electron chi connectivity index (χ1n) is 20.1. The number of amides is 2. The maximum Gasteiger partial charge on any atom is 0.258 e. The molecule has 2 aliphatic heterocycles. The number of nitrogens with one attached hydrogen (secondary N) is 3. The first-order valence-corrected chi connectivity index (χ1v) is 20.5. The molecule has 6 aromatic rings. The van der Waals surface area contributed by atoms with E-state index in [0.717, 1.165) is 25.0 Å². The molecule has 2 amide bonds. The lowest BCUT2D eigenvalue weighted by Crippen LogP contribution is -2.54. The minimum atomic E-state index is -0.493. The Morgan fingerprint density at radius 3 is 1.71 bits per heavy atom. The van der Waals surface area contributed by atoms with Gasteiger partial charge in [0.15, 0.2) is 0 Å². The fourth-order valence-electron chi connectivity index (χ4n) is 7.12. The first kappa shape index (κ1) is 54.2. The maximum atomic E-state index is 13.3. The van der Waals surface area contributed by atoms with Gasteiger partial charge < -0.3 is 30.0 Å². The van der Waals surface area contributed by atoms with Gasteiger partial charge in [-0.15, -0.1) is 12.4 Å². The Hall–Kier alpha value is -6.16. The number of carbonyl (C=O) groups excluding carboxylic acids is 2. The summed E-state index contributed by atoms with van der Waals surface area (Å²) >= 11 is 5.45. The van der Waals surface area contributed by atoms with Crippen molar-refractivity contribution >= 4 is 90.4 Å². The molecule has 22 heteroatoms. The van der Waals surface area contributed by atoms with Crippen molar-refractivity contribution in [2.24, 2.45) is 0 Å². The van der Waals surface area contributed by atoms with E-state index in [4.69, 9.17) is 22.1 Å². The molecule has 2 aromatic carbocycles. The zero-order valence-electron chi connectivity index (χ0n) is 35.9.